The molecule has 1 aromatic carbocycles. The fourth-order valence-electron chi connectivity index (χ4n) is 1.41. The molecule has 1 rings (SSSR count). The number of hydrogen-bond acceptors (Lipinski definition) is 0. The van der Waals surface area contributed by atoms with Gasteiger partial charge in [-0.1, -0.05) is 6.07 Å². The van der Waals surface area contributed by atoms with E-state index in [1.165, 1.54) is 27.8 Å². The van der Waals surface area contributed by atoms with Gasteiger partial charge >= 0.3 is 23.1 Å². The Labute approximate surface area is 125 Å². The molecule has 0 nitrogen and oxygen atoms in total. The predicted octanol–water partition coefficient (Wildman–Crippen LogP) is -3.14. The summed E-state index contributed by atoms with van der Waals surface area (Å²) in [6.45, 7) is 10.9. The first kappa shape index (κ1) is 20.4. The molecular formula is C11H16Br2Mg. The zero-order chi connectivity index (χ0) is 8.59. The number of halogens is 2. The van der Waals surface area contributed by atoms with Gasteiger partial charge in [-0.3, -0.25) is 0 Å². The van der Waals surface area contributed by atoms with Crippen LogP contribution in [0.1, 0.15) is 27.8 Å². The van der Waals surface area contributed by atoms with Gasteiger partial charge in [0.25, 0.3) is 0 Å². The van der Waals surface area contributed by atoms with Crippen LogP contribution in [0.15, 0.2) is 6.07 Å². The Morgan fingerprint density at radius 1 is 0.643 bits per heavy atom. The summed E-state index contributed by atoms with van der Waals surface area (Å²) >= 11 is 0. The van der Waals surface area contributed by atoms with Gasteiger partial charge in [-0.25, -0.2) is 0 Å². The molecule has 0 atom stereocenters. The van der Waals surface area contributed by atoms with Gasteiger partial charge in [0.1, 0.15) is 0 Å². The molecule has 0 heterocycles. The zero-order valence-electron chi connectivity index (χ0n) is 9.54. The third-order valence-corrected chi connectivity index (χ3v) is 2.74. The van der Waals surface area contributed by atoms with Crippen LogP contribution in [0.4, 0.5) is 0 Å². The van der Waals surface area contributed by atoms with Crippen LogP contribution in [0.2, 0.25) is 0 Å². The minimum Gasteiger partial charge on any atom is -1.00 e. The Morgan fingerprint density at radius 3 is 1.21 bits per heavy atom. The van der Waals surface area contributed by atoms with E-state index in [4.69, 9.17) is 0 Å². The van der Waals surface area contributed by atoms with E-state index in [0.29, 0.717) is 0 Å². The standard InChI is InChI=1S/C11H16.2BrH.Mg/c1-7-6-8(2)10(4)11(5)9(7)3;;;/h6H,1-5H3;2*1H;/q;;;+2/p-2. The molecule has 0 aromatic heterocycles. The van der Waals surface area contributed by atoms with Crippen molar-refractivity contribution >= 4 is 23.1 Å². The molecule has 0 aliphatic carbocycles. The van der Waals surface area contributed by atoms with E-state index in [-0.39, 0.29) is 57.0 Å². The Hall–Kier alpha value is 0.946. The summed E-state index contributed by atoms with van der Waals surface area (Å²) in [5, 5.41) is 0. The molecule has 0 fully saturated rings. The Morgan fingerprint density at radius 2 is 0.929 bits per heavy atom. The molecule has 0 radical (unpaired) electrons. The van der Waals surface area contributed by atoms with Gasteiger partial charge in [-0.15, -0.1) is 0 Å². The van der Waals surface area contributed by atoms with E-state index in [1.54, 1.807) is 0 Å². The van der Waals surface area contributed by atoms with E-state index >= 15 is 0 Å². The van der Waals surface area contributed by atoms with Gasteiger partial charge in [-0.2, -0.15) is 0 Å². The largest absolute Gasteiger partial charge is 2.00 e. The third kappa shape index (κ3) is 4.21. The minimum atomic E-state index is 0. The number of rotatable bonds is 0. The molecule has 3 heteroatoms. The predicted molar refractivity (Wildman–Crippen MR) is 55.9 cm³/mol. The van der Waals surface area contributed by atoms with Crippen LogP contribution in [0.25, 0.3) is 0 Å². The second-order valence-electron chi connectivity index (χ2n) is 3.39. The quantitative estimate of drug-likeness (QED) is 0.441. The minimum absolute atomic E-state index is 0. The number of benzene rings is 1. The molecule has 0 aliphatic rings. The molecule has 0 saturated carbocycles. The van der Waals surface area contributed by atoms with Crippen LogP contribution >= 0.6 is 0 Å². The summed E-state index contributed by atoms with van der Waals surface area (Å²) in [4.78, 5) is 0. The average molecular weight is 332 g/mol. The first-order valence-corrected chi connectivity index (χ1v) is 4.08. The van der Waals surface area contributed by atoms with Crippen LogP contribution in [-0.4, -0.2) is 23.1 Å². The van der Waals surface area contributed by atoms with Crippen molar-refractivity contribution in [2.45, 2.75) is 34.6 Å². The van der Waals surface area contributed by atoms with Gasteiger partial charge in [0.15, 0.2) is 0 Å². The van der Waals surface area contributed by atoms with Crippen LogP contribution in [0, 0.1) is 34.6 Å². The summed E-state index contributed by atoms with van der Waals surface area (Å²) in [6.07, 6.45) is 0. The third-order valence-electron chi connectivity index (χ3n) is 2.74. The molecule has 0 unspecified atom stereocenters. The summed E-state index contributed by atoms with van der Waals surface area (Å²) in [5.74, 6) is 0. The van der Waals surface area contributed by atoms with E-state index < -0.39 is 0 Å². The summed E-state index contributed by atoms with van der Waals surface area (Å²) in [6, 6.07) is 2.26. The molecule has 76 valence electrons. The van der Waals surface area contributed by atoms with Crippen molar-refractivity contribution < 1.29 is 34.0 Å². The summed E-state index contributed by atoms with van der Waals surface area (Å²) in [5.41, 5.74) is 7.14. The van der Waals surface area contributed by atoms with Gasteiger partial charge in [0.05, 0.1) is 0 Å². The van der Waals surface area contributed by atoms with Crippen molar-refractivity contribution in [2.24, 2.45) is 0 Å². The van der Waals surface area contributed by atoms with Gasteiger partial charge in [0, 0.05) is 0 Å². The van der Waals surface area contributed by atoms with Crippen LogP contribution in [-0.2, 0) is 0 Å². The maximum absolute atomic E-state index is 2.26. The SMILES string of the molecule is Cc1cc(C)c(C)c(C)c1C.[Br-].[Br-].[Mg+2]. The summed E-state index contributed by atoms with van der Waals surface area (Å²) in [7, 11) is 0. The van der Waals surface area contributed by atoms with Crippen molar-refractivity contribution in [3.05, 3.63) is 33.9 Å². The van der Waals surface area contributed by atoms with Crippen molar-refractivity contribution in [3.8, 4) is 0 Å². The average Bonchev–Trinajstić information content (AvgIpc) is 1.97. The number of aryl methyl sites for hydroxylation is 2. The van der Waals surface area contributed by atoms with Crippen molar-refractivity contribution in [1.82, 2.24) is 0 Å². The molecule has 0 N–H and O–H groups in total. The molecule has 0 aliphatic heterocycles. The van der Waals surface area contributed by atoms with Gasteiger partial charge in [-0.05, 0) is 62.4 Å². The molecule has 1 aromatic rings. The van der Waals surface area contributed by atoms with E-state index in [0.717, 1.165) is 0 Å². The fourth-order valence-corrected chi connectivity index (χ4v) is 1.41. The van der Waals surface area contributed by atoms with E-state index in [9.17, 15) is 0 Å². The van der Waals surface area contributed by atoms with Gasteiger partial charge in [0.2, 0.25) is 0 Å². The topological polar surface area (TPSA) is 0 Å². The molecule has 0 spiro atoms. The molecule has 14 heavy (non-hydrogen) atoms. The van der Waals surface area contributed by atoms with E-state index in [2.05, 4.69) is 40.7 Å². The van der Waals surface area contributed by atoms with Gasteiger partial charge < -0.3 is 34.0 Å². The zero-order valence-corrected chi connectivity index (χ0v) is 14.1. The fraction of sp³-hybridized carbons (Fsp3) is 0.455. The van der Waals surface area contributed by atoms with Crippen LogP contribution in [0.5, 0.6) is 0 Å². The number of hydrogen-bond donors (Lipinski definition) is 0. The first-order chi connectivity index (χ1) is 5.04. The first-order valence-electron chi connectivity index (χ1n) is 4.08. The molecular weight excluding hydrogens is 316 g/mol. The monoisotopic (exact) mass is 330 g/mol. The van der Waals surface area contributed by atoms with Crippen molar-refractivity contribution in [1.29, 1.82) is 0 Å². The smallest absolute Gasteiger partial charge is 1.00 e. The Bertz CT molecular complexity index is 270. The molecule has 0 saturated heterocycles. The van der Waals surface area contributed by atoms with E-state index in [1.807, 2.05) is 0 Å². The Balaban J connectivity index is -0.000000403. The molecule has 0 amide bonds. The maximum Gasteiger partial charge on any atom is 2.00 e. The van der Waals surface area contributed by atoms with Crippen molar-refractivity contribution in [2.75, 3.05) is 0 Å². The van der Waals surface area contributed by atoms with Crippen LogP contribution < -0.4 is 34.0 Å². The second-order valence-corrected chi connectivity index (χ2v) is 3.39. The Kier molecular flexibility index (Phi) is 11.8. The normalized spacial score (nSPS) is 8.07. The molecule has 0 bridgehead atoms. The van der Waals surface area contributed by atoms with Crippen molar-refractivity contribution in [3.63, 3.8) is 0 Å². The maximum atomic E-state index is 2.26. The summed E-state index contributed by atoms with van der Waals surface area (Å²) < 4.78 is 0. The van der Waals surface area contributed by atoms with Crippen LogP contribution in [0.3, 0.4) is 0 Å². The second kappa shape index (κ2) is 8.14.